The Balaban J connectivity index is 4.31. The standard InChI is InChI=1S/C63H103NO8/c1-6-8-10-12-14-16-18-20-22-23-24-25-26-27-28-29-30-31-32-33-34-35-36-37-38-39-40-42-44-46-48-50-52-54-61(66)72-59(58-71-63(62(67)68)69-56-55-64(3,4)5)57-70-60(65)53-51-49-47-45-43-41-21-19-17-15-13-11-9-7-2/h8,10,14,16,19-22,24-25,27-28,30-31,33-34,36-37,39-40,59,63H,6-7,9,11-13,15,17-18,23,26,29,32,35,38,41-58H2,1-5H3/b10-8-,16-14-,21-19-,22-20-,25-24-,28-27-,31-30-,34-33-,37-36-,40-39-. The molecule has 0 rings (SSSR count). The normalized spacial score (nSPS) is 13.7. The van der Waals surface area contributed by atoms with E-state index in [-0.39, 0.29) is 38.6 Å². The van der Waals surface area contributed by atoms with Crippen molar-refractivity contribution in [3.63, 3.8) is 0 Å². The van der Waals surface area contributed by atoms with Crippen LogP contribution in [0.15, 0.2) is 122 Å². The number of carboxylic acid groups (broad SMARTS) is 1. The molecule has 0 saturated heterocycles. The molecule has 0 N–H and O–H groups in total. The number of nitrogens with zero attached hydrogens (tertiary/aromatic N) is 1. The number of aliphatic carboxylic acids is 1. The molecule has 408 valence electrons. The molecule has 0 aromatic heterocycles. The van der Waals surface area contributed by atoms with E-state index in [4.69, 9.17) is 18.9 Å². The number of allylic oxidation sites excluding steroid dienone is 20. The minimum Gasteiger partial charge on any atom is -0.545 e. The van der Waals surface area contributed by atoms with Crippen molar-refractivity contribution in [1.29, 1.82) is 0 Å². The summed E-state index contributed by atoms with van der Waals surface area (Å²) in [5.41, 5.74) is 0. The molecule has 9 heteroatoms. The number of hydrogen-bond donors (Lipinski definition) is 0. The second-order valence-electron chi connectivity index (χ2n) is 19.5. The number of ether oxygens (including phenoxy) is 4. The third-order valence-electron chi connectivity index (χ3n) is 11.4. The van der Waals surface area contributed by atoms with Gasteiger partial charge in [0.15, 0.2) is 12.4 Å². The number of likely N-dealkylation sites (N-methyl/N-ethyl adjacent to an activating group) is 1. The van der Waals surface area contributed by atoms with Crippen LogP contribution in [0.2, 0.25) is 0 Å². The van der Waals surface area contributed by atoms with Crippen LogP contribution in [0.1, 0.15) is 200 Å². The number of esters is 2. The highest BCUT2D eigenvalue weighted by Crippen LogP contribution is 2.13. The van der Waals surface area contributed by atoms with Gasteiger partial charge in [0.25, 0.3) is 0 Å². The Morgan fingerprint density at radius 1 is 0.431 bits per heavy atom. The Morgan fingerprint density at radius 3 is 1.19 bits per heavy atom. The Labute approximate surface area is 440 Å². The van der Waals surface area contributed by atoms with Gasteiger partial charge in [0.2, 0.25) is 0 Å². The minimum atomic E-state index is -1.64. The van der Waals surface area contributed by atoms with E-state index in [0.717, 1.165) is 128 Å². The van der Waals surface area contributed by atoms with Gasteiger partial charge in [-0.15, -0.1) is 0 Å². The van der Waals surface area contributed by atoms with E-state index in [1.165, 1.54) is 38.5 Å². The molecule has 0 heterocycles. The lowest BCUT2D eigenvalue weighted by atomic mass is 10.1. The number of hydrogen-bond acceptors (Lipinski definition) is 8. The van der Waals surface area contributed by atoms with Crippen molar-refractivity contribution in [2.45, 2.75) is 212 Å². The molecule has 0 aliphatic carbocycles. The summed E-state index contributed by atoms with van der Waals surface area (Å²) < 4.78 is 22.6. The summed E-state index contributed by atoms with van der Waals surface area (Å²) >= 11 is 0. The smallest absolute Gasteiger partial charge is 0.306 e. The first-order valence-corrected chi connectivity index (χ1v) is 28.2. The second kappa shape index (κ2) is 53.0. The van der Waals surface area contributed by atoms with E-state index in [0.29, 0.717) is 17.4 Å². The average molecular weight is 1000 g/mol. The zero-order chi connectivity index (χ0) is 52.7. The summed E-state index contributed by atoms with van der Waals surface area (Å²) in [6.07, 6.45) is 71.0. The third-order valence-corrected chi connectivity index (χ3v) is 11.4. The minimum absolute atomic E-state index is 0.136. The molecule has 0 aromatic rings. The van der Waals surface area contributed by atoms with Gasteiger partial charge in [-0.3, -0.25) is 9.59 Å². The van der Waals surface area contributed by atoms with E-state index in [1.807, 2.05) is 21.1 Å². The average Bonchev–Trinajstić information content (AvgIpc) is 3.35. The van der Waals surface area contributed by atoms with E-state index in [2.05, 4.69) is 135 Å². The quantitative estimate of drug-likeness (QED) is 0.0195. The van der Waals surface area contributed by atoms with Crippen LogP contribution in [0.25, 0.3) is 0 Å². The predicted molar refractivity (Wildman–Crippen MR) is 301 cm³/mol. The van der Waals surface area contributed by atoms with Crippen LogP contribution >= 0.6 is 0 Å². The van der Waals surface area contributed by atoms with E-state index in [1.54, 1.807) is 0 Å². The number of rotatable bonds is 50. The lowest BCUT2D eigenvalue weighted by molar-refractivity contribution is -0.870. The fourth-order valence-corrected chi connectivity index (χ4v) is 7.11. The van der Waals surface area contributed by atoms with E-state index in [9.17, 15) is 19.5 Å². The van der Waals surface area contributed by atoms with Gasteiger partial charge >= 0.3 is 11.9 Å². The van der Waals surface area contributed by atoms with Crippen molar-refractivity contribution >= 4 is 17.9 Å². The van der Waals surface area contributed by atoms with Crippen LogP contribution in [0, 0.1) is 0 Å². The summed E-state index contributed by atoms with van der Waals surface area (Å²) in [4.78, 5) is 37.2. The summed E-state index contributed by atoms with van der Waals surface area (Å²) in [5, 5.41) is 11.7. The molecule has 0 radical (unpaired) electrons. The lowest BCUT2D eigenvalue weighted by Gasteiger charge is -2.26. The van der Waals surface area contributed by atoms with Crippen LogP contribution in [0.4, 0.5) is 0 Å². The molecule has 0 bridgehead atoms. The van der Waals surface area contributed by atoms with Gasteiger partial charge in [-0.2, -0.15) is 0 Å². The molecular weight excluding hydrogens is 899 g/mol. The van der Waals surface area contributed by atoms with Crippen LogP contribution < -0.4 is 5.11 Å². The second-order valence-corrected chi connectivity index (χ2v) is 19.5. The van der Waals surface area contributed by atoms with Gasteiger partial charge in [-0.05, 0) is 109 Å². The zero-order valence-electron chi connectivity index (χ0n) is 46.2. The molecule has 0 amide bonds. The first-order valence-electron chi connectivity index (χ1n) is 28.2. The highest BCUT2D eigenvalue weighted by molar-refractivity contribution is 5.70. The summed E-state index contributed by atoms with van der Waals surface area (Å²) in [6, 6.07) is 0. The molecule has 72 heavy (non-hydrogen) atoms. The van der Waals surface area contributed by atoms with Crippen molar-refractivity contribution in [3.05, 3.63) is 122 Å². The molecule has 0 spiro atoms. The van der Waals surface area contributed by atoms with E-state index < -0.39 is 24.3 Å². The lowest BCUT2D eigenvalue weighted by Crippen LogP contribution is -2.44. The van der Waals surface area contributed by atoms with Crippen molar-refractivity contribution in [2.75, 3.05) is 47.5 Å². The van der Waals surface area contributed by atoms with Crippen molar-refractivity contribution in [1.82, 2.24) is 0 Å². The molecule has 0 fully saturated rings. The molecule has 0 aromatic carbocycles. The number of carbonyl (C=O) groups is 3. The fraction of sp³-hybridized carbons (Fsp3) is 0.635. The Bertz CT molecular complexity index is 1590. The number of carbonyl (C=O) groups excluding carboxylic acids is 3. The Kier molecular flexibility index (Phi) is 49.8. The Hall–Kier alpha value is -4.31. The van der Waals surface area contributed by atoms with Gasteiger partial charge in [0, 0.05) is 12.8 Å². The van der Waals surface area contributed by atoms with Gasteiger partial charge < -0.3 is 33.3 Å². The van der Waals surface area contributed by atoms with Crippen molar-refractivity contribution in [3.8, 4) is 0 Å². The van der Waals surface area contributed by atoms with Crippen molar-refractivity contribution < 1.29 is 42.9 Å². The monoisotopic (exact) mass is 1000 g/mol. The molecule has 0 aliphatic heterocycles. The Morgan fingerprint density at radius 2 is 0.792 bits per heavy atom. The molecule has 0 aliphatic rings. The van der Waals surface area contributed by atoms with Crippen molar-refractivity contribution in [2.24, 2.45) is 0 Å². The van der Waals surface area contributed by atoms with Gasteiger partial charge in [0.1, 0.15) is 13.2 Å². The topological polar surface area (TPSA) is 111 Å². The fourth-order valence-electron chi connectivity index (χ4n) is 7.11. The summed E-state index contributed by atoms with van der Waals surface area (Å²) in [6.45, 7) is 4.56. The molecule has 2 atom stereocenters. The van der Waals surface area contributed by atoms with Crippen LogP contribution in [-0.4, -0.2) is 82.3 Å². The third kappa shape index (κ3) is 53.5. The zero-order valence-corrected chi connectivity index (χ0v) is 46.2. The van der Waals surface area contributed by atoms with Gasteiger partial charge in [-0.25, -0.2) is 0 Å². The van der Waals surface area contributed by atoms with Crippen LogP contribution in [0.3, 0.4) is 0 Å². The molecule has 2 unspecified atom stereocenters. The van der Waals surface area contributed by atoms with Gasteiger partial charge in [0.05, 0.1) is 40.3 Å². The summed E-state index contributed by atoms with van der Waals surface area (Å²) in [5.74, 6) is -2.34. The maximum absolute atomic E-state index is 12.8. The van der Waals surface area contributed by atoms with E-state index >= 15 is 0 Å². The first kappa shape index (κ1) is 67.7. The SMILES string of the molecule is CC/C=C\C/C=C\C/C=C\C/C=C\C/C=C\C/C=C\C/C=C\C/C=C\C/C=C\CCCCCCCC(=O)OC(COC(=O)CCCCCCC/C=C\CCCCCCC)COC(OCC[N+](C)(C)C)C(=O)[O-]. The largest absolute Gasteiger partial charge is 0.545 e. The number of carboxylic acids is 1. The van der Waals surface area contributed by atoms with Crippen LogP contribution in [-0.2, 0) is 33.3 Å². The predicted octanol–water partition coefficient (Wildman–Crippen LogP) is 15.2. The maximum atomic E-state index is 12.8. The molecular formula is C63H103NO8. The molecule has 9 nitrogen and oxygen atoms in total. The number of quaternary nitrogens is 1. The molecule has 0 saturated carbocycles. The van der Waals surface area contributed by atoms with Gasteiger partial charge in [-0.1, -0.05) is 200 Å². The maximum Gasteiger partial charge on any atom is 0.306 e. The summed E-state index contributed by atoms with van der Waals surface area (Å²) in [7, 11) is 5.90. The number of unbranched alkanes of at least 4 members (excludes halogenated alkanes) is 15. The van der Waals surface area contributed by atoms with Crippen LogP contribution in [0.5, 0.6) is 0 Å². The highest BCUT2D eigenvalue weighted by atomic mass is 16.7. The first-order chi connectivity index (χ1) is 35.1. The highest BCUT2D eigenvalue weighted by Gasteiger charge is 2.22.